The SMILES string of the molecule is CC(=O)N[C@H]1C[C@H]2C(C)(C)O[C@@H]3CC(=O)O[C@@]32CC23CC[C@]4(C)C(=O)[C@](C)(O)[C@@H]5[C@H]6OC(=O)[C@](C)(O)[C@H]6OC(O2)(C(O)=C13)[C@@H]54. The van der Waals surface area contributed by atoms with Gasteiger partial charge in [-0.25, -0.2) is 4.79 Å². The van der Waals surface area contributed by atoms with E-state index < -0.39 is 99.0 Å². The lowest BCUT2D eigenvalue weighted by Gasteiger charge is -2.51. The zero-order valence-corrected chi connectivity index (χ0v) is 25.6. The van der Waals surface area contributed by atoms with E-state index in [0.29, 0.717) is 5.57 Å². The van der Waals surface area contributed by atoms with Crippen LogP contribution in [0.4, 0.5) is 0 Å². The molecule has 8 rings (SSSR count). The maximum absolute atomic E-state index is 14.2. The van der Waals surface area contributed by atoms with Crippen LogP contribution in [0, 0.1) is 23.2 Å². The number of ketones is 1. The number of aliphatic hydroxyl groups is 3. The van der Waals surface area contributed by atoms with Crippen molar-refractivity contribution in [1.29, 1.82) is 0 Å². The van der Waals surface area contributed by atoms with E-state index >= 15 is 0 Å². The summed E-state index contributed by atoms with van der Waals surface area (Å²) in [4.78, 5) is 52.7. The number of Topliss-reactive ketones (excluding diaryl/α,β-unsaturated/α-hetero) is 1. The van der Waals surface area contributed by atoms with E-state index in [-0.39, 0.29) is 43.8 Å². The third kappa shape index (κ3) is 2.99. The highest BCUT2D eigenvalue weighted by Gasteiger charge is 2.84. The molecule has 240 valence electrons. The predicted octanol–water partition coefficient (Wildman–Crippen LogP) is 0.483. The van der Waals surface area contributed by atoms with Gasteiger partial charge in [-0.3, -0.25) is 14.4 Å². The van der Waals surface area contributed by atoms with Crippen molar-refractivity contribution in [2.24, 2.45) is 23.2 Å². The van der Waals surface area contributed by atoms with Gasteiger partial charge in [0.05, 0.1) is 18.1 Å². The lowest BCUT2D eigenvalue weighted by molar-refractivity contribution is -0.356. The average molecular weight is 618 g/mol. The number of ether oxygens (including phenoxy) is 5. The Bertz CT molecular complexity index is 1480. The molecule has 8 aliphatic rings. The van der Waals surface area contributed by atoms with E-state index in [1.54, 1.807) is 6.92 Å². The van der Waals surface area contributed by atoms with Crippen molar-refractivity contribution in [3.63, 3.8) is 0 Å². The van der Waals surface area contributed by atoms with Crippen molar-refractivity contribution in [1.82, 2.24) is 5.32 Å². The zero-order valence-electron chi connectivity index (χ0n) is 25.6. The summed E-state index contributed by atoms with van der Waals surface area (Å²) in [6.07, 6.45) is -2.56. The highest BCUT2D eigenvalue weighted by molar-refractivity contribution is 5.96. The molecule has 3 spiro atoms. The normalized spacial score (nSPS) is 56.1. The van der Waals surface area contributed by atoms with Crippen LogP contribution in [0.1, 0.15) is 73.6 Å². The molecule has 6 heterocycles. The molecule has 2 bridgehead atoms. The van der Waals surface area contributed by atoms with E-state index in [2.05, 4.69) is 5.32 Å². The Balaban J connectivity index is 1.39. The second-order valence-electron chi connectivity index (χ2n) is 15.5. The van der Waals surface area contributed by atoms with Crippen LogP contribution in [0.2, 0.25) is 0 Å². The second kappa shape index (κ2) is 7.86. The summed E-state index contributed by atoms with van der Waals surface area (Å²) in [5.74, 6) is -7.28. The first-order chi connectivity index (χ1) is 20.3. The molecule has 1 amide bonds. The summed E-state index contributed by atoms with van der Waals surface area (Å²) in [5.41, 5.74) is -8.51. The molecule has 13 atom stereocenters. The van der Waals surface area contributed by atoms with Crippen LogP contribution < -0.4 is 5.32 Å². The predicted molar refractivity (Wildman–Crippen MR) is 144 cm³/mol. The van der Waals surface area contributed by atoms with Crippen LogP contribution in [0.15, 0.2) is 11.3 Å². The molecular weight excluding hydrogens is 578 g/mol. The minimum atomic E-state index is -2.18. The number of fused-ring (bicyclic) bond motifs is 2. The van der Waals surface area contributed by atoms with Crippen LogP contribution in [-0.4, -0.2) is 97.1 Å². The number of nitrogens with one attached hydrogen (secondary N) is 1. The molecule has 2 saturated carbocycles. The van der Waals surface area contributed by atoms with Gasteiger partial charge in [-0.15, -0.1) is 0 Å². The molecule has 5 saturated heterocycles. The van der Waals surface area contributed by atoms with E-state index in [1.165, 1.54) is 20.8 Å². The first kappa shape index (κ1) is 28.9. The quantitative estimate of drug-likeness (QED) is 0.299. The van der Waals surface area contributed by atoms with E-state index in [9.17, 15) is 34.5 Å². The summed E-state index contributed by atoms with van der Waals surface area (Å²) in [5, 5.41) is 38.6. The second-order valence-corrected chi connectivity index (χ2v) is 15.5. The number of amides is 1. The summed E-state index contributed by atoms with van der Waals surface area (Å²) in [7, 11) is 0. The minimum Gasteiger partial charge on any atom is -0.507 e. The largest absolute Gasteiger partial charge is 0.507 e. The van der Waals surface area contributed by atoms with Crippen LogP contribution in [0.5, 0.6) is 0 Å². The molecule has 2 aliphatic carbocycles. The van der Waals surface area contributed by atoms with Gasteiger partial charge >= 0.3 is 11.9 Å². The van der Waals surface area contributed by atoms with E-state index in [1.807, 2.05) is 13.8 Å². The lowest BCUT2D eigenvalue weighted by Crippen LogP contribution is -2.65. The van der Waals surface area contributed by atoms with Crippen molar-refractivity contribution in [2.45, 2.75) is 132 Å². The molecule has 13 heteroatoms. The molecule has 0 aromatic carbocycles. The number of hydrogen-bond acceptors (Lipinski definition) is 12. The fourth-order valence-electron chi connectivity index (χ4n) is 11.0. The van der Waals surface area contributed by atoms with Gasteiger partial charge in [-0.1, -0.05) is 6.92 Å². The van der Waals surface area contributed by atoms with Crippen molar-refractivity contribution in [3.05, 3.63) is 11.3 Å². The number of hydrogen-bond donors (Lipinski definition) is 4. The Morgan fingerprint density at radius 3 is 2.39 bits per heavy atom. The number of carbonyl (C=O) groups is 4. The zero-order chi connectivity index (χ0) is 31.8. The molecule has 0 radical (unpaired) electrons. The van der Waals surface area contributed by atoms with Gasteiger partial charge < -0.3 is 44.3 Å². The Morgan fingerprint density at radius 2 is 1.70 bits per heavy atom. The Kier molecular flexibility index (Phi) is 5.15. The maximum Gasteiger partial charge on any atom is 0.341 e. The summed E-state index contributed by atoms with van der Waals surface area (Å²) >= 11 is 0. The van der Waals surface area contributed by atoms with Crippen molar-refractivity contribution < 1.29 is 58.2 Å². The van der Waals surface area contributed by atoms with Gasteiger partial charge in [-0.2, -0.15) is 0 Å². The molecule has 0 aromatic rings. The summed E-state index contributed by atoms with van der Waals surface area (Å²) < 4.78 is 31.9. The first-order valence-electron chi connectivity index (χ1n) is 15.5. The third-order valence-electron chi connectivity index (χ3n) is 12.6. The topological polar surface area (TPSA) is 187 Å². The fourth-order valence-corrected chi connectivity index (χ4v) is 11.0. The standard InChI is InChI=1S/C31H39NO12/c1-12(33)32-13-9-14-25(2,3)41-15-10-16(34)42-30(14,15)11-29-8-7-26(4)20-18(27(5,38)23(26)36)19-22(28(6,39)24(37)40-19)43-31(20,44-29)21(35)17(13)29/h13-15,18-20,22,35,38-39H,7-11H2,1-6H3,(H,32,33)/t13-,14-,15+,18+,19+,20-,22-,26-,27+,28+,29?,30+,31?/m0/s1. The van der Waals surface area contributed by atoms with E-state index in [4.69, 9.17) is 23.7 Å². The molecule has 13 nitrogen and oxygen atoms in total. The van der Waals surface area contributed by atoms with Gasteiger partial charge in [0.25, 0.3) is 0 Å². The van der Waals surface area contributed by atoms with Gasteiger partial charge in [0.2, 0.25) is 11.7 Å². The van der Waals surface area contributed by atoms with Crippen LogP contribution >= 0.6 is 0 Å². The number of carbonyl (C=O) groups excluding carboxylic acids is 4. The van der Waals surface area contributed by atoms with Gasteiger partial charge in [-0.05, 0) is 47.0 Å². The Morgan fingerprint density at radius 1 is 1.00 bits per heavy atom. The van der Waals surface area contributed by atoms with Crippen molar-refractivity contribution in [3.8, 4) is 0 Å². The van der Waals surface area contributed by atoms with Crippen molar-refractivity contribution >= 4 is 23.6 Å². The summed E-state index contributed by atoms with van der Waals surface area (Å²) in [6, 6.07) is -0.805. The Hall–Kier alpha value is -2.58. The molecule has 0 aromatic heterocycles. The number of rotatable bonds is 1. The molecule has 6 aliphatic heterocycles. The van der Waals surface area contributed by atoms with Crippen LogP contribution in [0.3, 0.4) is 0 Å². The molecule has 4 N–H and O–H groups in total. The number of aliphatic hydroxyl groups excluding tert-OH is 1. The highest BCUT2D eigenvalue weighted by atomic mass is 16.8. The van der Waals surface area contributed by atoms with Gasteiger partial charge in [0, 0.05) is 42.1 Å². The van der Waals surface area contributed by atoms with Crippen LogP contribution in [0.25, 0.3) is 0 Å². The van der Waals surface area contributed by atoms with Gasteiger partial charge in [0.15, 0.2) is 17.1 Å². The minimum absolute atomic E-state index is 0.0311. The monoisotopic (exact) mass is 617 g/mol. The van der Waals surface area contributed by atoms with Crippen LogP contribution in [-0.2, 0) is 42.9 Å². The molecule has 7 fully saturated rings. The highest BCUT2D eigenvalue weighted by Crippen LogP contribution is 2.72. The average Bonchev–Trinajstić information content (AvgIpc) is 3.46. The van der Waals surface area contributed by atoms with Gasteiger partial charge in [0.1, 0.15) is 35.1 Å². The number of esters is 2. The first-order valence-corrected chi connectivity index (χ1v) is 15.5. The third-order valence-corrected chi connectivity index (χ3v) is 12.6. The summed E-state index contributed by atoms with van der Waals surface area (Å²) in [6.45, 7) is 9.50. The van der Waals surface area contributed by atoms with Crippen molar-refractivity contribution in [2.75, 3.05) is 0 Å². The molecular formula is C31H39NO12. The fraction of sp³-hybridized carbons (Fsp3) is 0.806. The molecule has 44 heavy (non-hydrogen) atoms. The lowest BCUT2D eigenvalue weighted by atomic mass is 9.63. The molecule has 2 unspecified atom stereocenters. The Labute approximate surface area is 253 Å². The van der Waals surface area contributed by atoms with E-state index in [0.717, 1.165) is 0 Å². The smallest absolute Gasteiger partial charge is 0.341 e. The maximum atomic E-state index is 14.2.